The third-order valence-corrected chi connectivity index (χ3v) is 1.75. The molecule has 6 heteroatoms. The molecule has 1 heterocycles. The number of esters is 1. The Hall–Kier alpha value is -1.94. The second-order valence-corrected chi connectivity index (χ2v) is 3.34. The summed E-state index contributed by atoms with van der Waals surface area (Å²) in [5, 5.41) is 2.68. The number of ether oxygens (including phenoxy) is 1. The van der Waals surface area contributed by atoms with Crippen LogP contribution in [0.25, 0.3) is 0 Å². The Morgan fingerprint density at radius 3 is 2.71 bits per heavy atom. The number of carbonyl (C=O) groups excluding carboxylic acids is 3. The summed E-state index contributed by atoms with van der Waals surface area (Å²) in [5.74, 6) is -0.263. The van der Waals surface area contributed by atoms with E-state index in [0.717, 1.165) is 19.4 Å². The number of hydrogen-bond donors (Lipinski definition) is 1. The van der Waals surface area contributed by atoms with Gasteiger partial charge >= 0.3 is 5.97 Å². The van der Waals surface area contributed by atoms with Crippen molar-refractivity contribution in [2.45, 2.75) is 19.8 Å². The first-order valence-electron chi connectivity index (χ1n) is 5.21. The number of carbonyl (C=O) groups is 2. The predicted molar refractivity (Wildman–Crippen MR) is 61.0 cm³/mol. The molecular weight excluding hydrogens is 224 g/mol. The molecule has 0 bridgehead atoms. The smallest absolute Gasteiger partial charge is 0.333 e. The lowest BCUT2D eigenvalue weighted by atomic mass is 10.4. The van der Waals surface area contributed by atoms with Crippen molar-refractivity contribution in [2.24, 2.45) is 4.99 Å². The molecule has 6 nitrogen and oxygen atoms in total. The van der Waals surface area contributed by atoms with E-state index in [1.807, 2.05) is 0 Å². The van der Waals surface area contributed by atoms with Crippen molar-refractivity contribution in [3.8, 4) is 0 Å². The molecule has 1 saturated heterocycles. The molecule has 0 aromatic rings. The Balaban J connectivity index is 0.000000354. The van der Waals surface area contributed by atoms with Gasteiger partial charge in [-0.05, 0) is 13.3 Å². The molecule has 0 unspecified atom stereocenters. The van der Waals surface area contributed by atoms with Crippen LogP contribution < -0.4 is 5.32 Å². The second kappa shape index (κ2) is 9.30. The number of isocyanates is 1. The van der Waals surface area contributed by atoms with Gasteiger partial charge in [0.2, 0.25) is 12.0 Å². The van der Waals surface area contributed by atoms with Crippen molar-refractivity contribution in [1.82, 2.24) is 5.32 Å². The Morgan fingerprint density at radius 1 is 1.65 bits per heavy atom. The van der Waals surface area contributed by atoms with Gasteiger partial charge in [0, 0.05) is 18.5 Å². The number of rotatable bonds is 4. The van der Waals surface area contributed by atoms with E-state index in [9.17, 15) is 14.4 Å². The third-order valence-electron chi connectivity index (χ3n) is 1.75. The Labute approximate surface area is 99.7 Å². The van der Waals surface area contributed by atoms with Crippen molar-refractivity contribution >= 4 is 18.0 Å². The summed E-state index contributed by atoms with van der Waals surface area (Å²) in [6, 6.07) is 0. The van der Waals surface area contributed by atoms with Gasteiger partial charge in [-0.1, -0.05) is 6.58 Å². The third kappa shape index (κ3) is 9.02. The van der Waals surface area contributed by atoms with Gasteiger partial charge in [0.15, 0.2) is 0 Å². The largest absolute Gasteiger partial charge is 0.460 e. The summed E-state index contributed by atoms with van der Waals surface area (Å²) in [4.78, 5) is 33.5. The molecule has 17 heavy (non-hydrogen) atoms. The van der Waals surface area contributed by atoms with E-state index in [4.69, 9.17) is 0 Å². The standard InChI is InChI=1S/C7H9NO3.C4H7NO/c1-6(2)7(10)11-4-3-8-5-9;6-4-2-1-3-5-4/h1,3-4H2,2H3;1-3H2,(H,5,6). The van der Waals surface area contributed by atoms with Crippen molar-refractivity contribution in [1.29, 1.82) is 0 Å². The average Bonchev–Trinajstić information content (AvgIpc) is 2.76. The molecule has 1 amide bonds. The highest BCUT2D eigenvalue weighted by Gasteiger charge is 2.05. The topological polar surface area (TPSA) is 84.8 Å². The minimum absolute atomic E-state index is 0.0981. The minimum Gasteiger partial charge on any atom is -0.460 e. The molecule has 0 spiro atoms. The maximum Gasteiger partial charge on any atom is 0.333 e. The number of nitrogens with zero attached hydrogens (tertiary/aromatic N) is 1. The summed E-state index contributed by atoms with van der Waals surface area (Å²) < 4.78 is 4.59. The summed E-state index contributed by atoms with van der Waals surface area (Å²) >= 11 is 0. The molecule has 1 fully saturated rings. The van der Waals surface area contributed by atoms with Crippen LogP contribution in [0.1, 0.15) is 19.8 Å². The van der Waals surface area contributed by atoms with Gasteiger partial charge in [0.1, 0.15) is 6.61 Å². The molecule has 0 atom stereocenters. The van der Waals surface area contributed by atoms with Gasteiger partial charge in [0.25, 0.3) is 0 Å². The molecule has 0 aliphatic carbocycles. The van der Waals surface area contributed by atoms with Crippen LogP contribution in [0.2, 0.25) is 0 Å². The fourth-order valence-corrected chi connectivity index (χ4v) is 0.918. The molecule has 94 valence electrons. The Bertz CT molecular complexity index is 324. The van der Waals surface area contributed by atoms with E-state index < -0.39 is 5.97 Å². The Kier molecular flexibility index (Phi) is 8.24. The van der Waals surface area contributed by atoms with Gasteiger partial charge in [-0.2, -0.15) is 0 Å². The molecule has 1 rings (SSSR count). The van der Waals surface area contributed by atoms with Gasteiger partial charge in [-0.15, -0.1) is 0 Å². The Morgan fingerprint density at radius 2 is 2.35 bits per heavy atom. The van der Waals surface area contributed by atoms with Crippen LogP contribution in [0.15, 0.2) is 17.1 Å². The molecule has 0 saturated carbocycles. The van der Waals surface area contributed by atoms with E-state index in [1.165, 1.54) is 6.08 Å². The normalized spacial score (nSPS) is 12.6. The number of nitrogens with one attached hydrogen (secondary N) is 1. The first-order valence-corrected chi connectivity index (χ1v) is 5.21. The SMILES string of the molecule is C=C(C)C(=O)OCCN=C=O.O=C1CCCN1. The zero-order chi connectivity index (χ0) is 13.1. The van der Waals surface area contributed by atoms with E-state index in [2.05, 4.69) is 21.6 Å². The van der Waals surface area contributed by atoms with Crippen molar-refractivity contribution in [3.05, 3.63) is 12.2 Å². The summed E-state index contributed by atoms with van der Waals surface area (Å²) in [5.41, 5.74) is 0.333. The first-order chi connectivity index (χ1) is 8.07. The maximum atomic E-state index is 10.6. The lowest BCUT2D eigenvalue weighted by Crippen LogP contribution is -2.12. The van der Waals surface area contributed by atoms with Crippen LogP contribution in [0.5, 0.6) is 0 Å². The zero-order valence-corrected chi connectivity index (χ0v) is 9.82. The summed E-state index contributed by atoms with van der Waals surface area (Å²) in [6.45, 7) is 6.06. The summed E-state index contributed by atoms with van der Waals surface area (Å²) in [7, 11) is 0. The van der Waals surface area contributed by atoms with Crippen LogP contribution in [-0.4, -0.2) is 37.7 Å². The van der Waals surface area contributed by atoms with Gasteiger partial charge < -0.3 is 10.1 Å². The quantitative estimate of drug-likeness (QED) is 0.252. The highest BCUT2D eigenvalue weighted by Crippen LogP contribution is 1.93. The second-order valence-electron chi connectivity index (χ2n) is 3.34. The van der Waals surface area contributed by atoms with E-state index in [0.29, 0.717) is 5.57 Å². The van der Waals surface area contributed by atoms with Crippen LogP contribution in [-0.2, 0) is 19.1 Å². The molecule has 1 aliphatic rings. The molecule has 1 aliphatic heterocycles. The predicted octanol–water partition coefficient (Wildman–Crippen LogP) is 0.338. The maximum absolute atomic E-state index is 10.6. The van der Waals surface area contributed by atoms with Crippen LogP contribution in [0.3, 0.4) is 0 Å². The molecular formula is C11H16N2O4. The summed E-state index contributed by atoms with van der Waals surface area (Å²) in [6.07, 6.45) is 3.09. The molecule has 0 aromatic heterocycles. The fourth-order valence-electron chi connectivity index (χ4n) is 0.918. The molecule has 1 N–H and O–H groups in total. The highest BCUT2D eigenvalue weighted by molar-refractivity contribution is 5.86. The van der Waals surface area contributed by atoms with Crippen molar-refractivity contribution < 1.29 is 19.1 Å². The number of hydrogen-bond acceptors (Lipinski definition) is 5. The van der Waals surface area contributed by atoms with E-state index in [-0.39, 0.29) is 19.1 Å². The minimum atomic E-state index is -0.467. The van der Waals surface area contributed by atoms with Crippen molar-refractivity contribution in [3.63, 3.8) is 0 Å². The van der Waals surface area contributed by atoms with Gasteiger partial charge in [-0.3, -0.25) is 4.79 Å². The molecule has 0 radical (unpaired) electrons. The fraction of sp³-hybridized carbons (Fsp3) is 0.545. The number of aliphatic imine (C=N–C) groups is 1. The first kappa shape index (κ1) is 15.1. The van der Waals surface area contributed by atoms with Crippen molar-refractivity contribution in [2.75, 3.05) is 19.7 Å². The van der Waals surface area contributed by atoms with Gasteiger partial charge in [0.05, 0.1) is 6.54 Å². The lowest BCUT2D eigenvalue weighted by molar-refractivity contribution is -0.138. The zero-order valence-electron chi connectivity index (χ0n) is 9.82. The van der Waals surface area contributed by atoms with Crippen LogP contribution >= 0.6 is 0 Å². The molecule has 0 aromatic carbocycles. The van der Waals surface area contributed by atoms with Crippen LogP contribution in [0, 0.1) is 0 Å². The lowest BCUT2D eigenvalue weighted by Gasteiger charge is -1.99. The number of amides is 1. The monoisotopic (exact) mass is 240 g/mol. The van der Waals surface area contributed by atoms with E-state index in [1.54, 1.807) is 6.92 Å². The van der Waals surface area contributed by atoms with E-state index >= 15 is 0 Å². The highest BCUT2D eigenvalue weighted by atomic mass is 16.5. The van der Waals surface area contributed by atoms with Gasteiger partial charge in [-0.25, -0.2) is 14.6 Å². The average molecular weight is 240 g/mol. The van der Waals surface area contributed by atoms with Crippen LogP contribution in [0.4, 0.5) is 0 Å².